The van der Waals surface area contributed by atoms with E-state index in [0.29, 0.717) is 24.8 Å². The maximum Gasteiger partial charge on any atom is 0.417 e. The SMILES string of the molecule is Cc1ccc(NC(=O)C2=CC(C(F)(F)F)=CN(C)C3OC23)cc1-c1cc(OCCO)nc(C2CCOCC2)c1. The predicted octanol–water partition coefficient (Wildman–Crippen LogP) is 4.30. The van der Waals surface area contributed by atoms with Crippen LogP contribution in [0.5, 0.6) is 5.88 Å². The van der Waals surface area contributed by atoms with Gasteiger partial charge in [0.1, 0.15) is 12.7 Å². The maximum atomic E-state index is 13.5. The number of rotatable bonds is 7. The van der Waals surface area contributed by atoms with Crippen LogP contribution < -0.4 is 10.1 Å². The minimum atomic E-state index is -4.60. The molecule has 2 atom stereocenters. The molecule has 2 unspecified atom stereocenters. The Hall–Kier alpha value is -3.41. The zero-order chi connectivity index (χ0) is 27.7. The minimum absolute atomic E-state index is 0.0829. The van der Waals surface area contributed by atoms with Crippen molar-refractivity contribution in [1.29, 1.82) is 0 Å². The average molecular weight is 546 g/mol. The number of fused-ring (bicyclic) bond motifs is 1. The number of alkyl halides is 3. The quantitative estimate of drug-likeness (QED) is 0.501. The molecule has 0 spiro atoms. The molecule has 3 aliphatic rings. The van der Waals surface area contributed by atoms with Crippen molar-refractivity contribution in [2.75, 3.05) is 38.8 Å². The van der Waals surface area contributed by atoms with E-state index in [0.717, 1.165) is 47.5 Å². The van der Waals surface area contributed by atoms with Gasteiger partial charge in [0, 0.05) is 49.8 Å². The number of halogens is 3. The first-order valence-corrected chi connectivity index (χ1v) is 12.8. The molecule has 39 heavy (non-hydrogen) atoms. The fourth-order valence-electron chi connectivity index (χ4n) is 4.89. The van der Waals surface area contributed by atoms with Crippen LogP contribution in [0.2, 0.25) is 0 Å². The molecule has 11 heteroatoms. The lowest BCUT2D eigenvalue weighted by Gasteiger charge is -2.23. The summed E-state index contributed by atoms with van der Waals surface area (Å²) in [6.45, 7) is 3.17. The number of nitrogens with zero attached hydrogens (tertiary/aromatic N) is 2. The molecule has 3 aliphatic heterocycles. The van der Waals surface area contributed by atoms with Crippen LogP contribution in [-0.2, 0) is 14.3 Å². The molecule has 1 aromatic carbocycles. The molecule has 2 aromatic rings. The van der Waals surface area contributed by atoms with Gasteiger partial charge in [-0.25, -0.2) is 4.98 Å². The number of ether oxygens (including phenoxy) is 3. The Morgan fingerprint density at radius 1 is 1.23 bits per heavy atom. The van der Waals surface area contributed by atoms with Gasteiger partial charge in [-0.05, 0) is 60.7 Å². The highest BCUT2D eigenvalue weighted by molar-refractivity contribution is 6.05. The first kappa shape index (κ1) is 27.2. The lowest BCUT2D eigenvalue weighted by molar-refractivity contribution is -0.113. The summed E-state index contributed by atoms with van der Waals surface area (Å²) in [7, 11) is 1.49. The zero-order valence-corrected chi connectivity index (χ0v) is 21.6. The zero-order valence-electron chi connectivity index (χ0n) is 21.6. The molecule has 2 N–H and O–H groups in total. The van der Waals surface area contributed by atoms with Gasteiger partial charge >= 0.3 is 6.18 Å². The molecular weight excluding hydrogens is 515 g/mol. The highest BCUT2D eigenvalue weighted by Gasteiger charge is 2.50. The van der Waals surface area contributed by atoms with Crippen molar-refractivity contribution >= 4 is 11.6 Å². The van der Waals surface area contributed by atoms with Gasteiger partial charge in [0.15, 0.2) is 6.23 Å². The van der Waals surface area contributed by atoms with E-state index in [4.69, 9.17) is 14.2 Å². The Morgan fingerprint density at radius 3 is 2.72 bits per heavy atom. The van der Waals surface area contributed by atoms with Gasteiger partial charge in [-0.15, -0.1) is 0 Å². The second kappa shape index (κ2) is 11.0. The molecule has 0 bridgehead atoms. The Bertz CT molecular complexity index is 1300. The number of likely N-dealkylation sites (N-methyl/N-ethyl adjacent to an activating group) is 1. The number of amides is 1. The average Bonchev–Trinajstić information content (AvgIpc) is 3.72. The summed E-state index contributed by atoms with van der Waals surface area (Å²) in [6, 6.07) is 9.08. The number of carbonyl (C=O) groups is 1. The first-order chi connectivity index (χ1) is 18.6. The summed E-state index contributed by atoms with van der Waals surface area (Å²) in [6.07, 6.45) is -2.51. The molecule has 4 heterocycles. The topological polar surface area (TPSA) is 96.5 Å². The largest absolute Gasteiger partial charge is 0.475 e. The van der Waals surface area contributed by atoms with E-state index in [1.807, 2.05) is 19.1 Å². The van der Waals surface area contributed by atoms with Crippen LogP contribution in [0.3, 0.4) is 0 Å². The van der Waals surface area contributed by atoms with Gasteiger partial charge in [-0.2, -0.15) is 13.2 Å². The van der Waals surface area contributed by atoms with Crippen molar-refractivity contribution in [3.63, 3.8) is 0 Å². The third-order valence-electron chi connectivity index (χ3n) is 7.03. The van der Waals surface area contributed by atoms with E-state index in [9.17, 15) is 23.1 Å². The van der Waals surface area contributed by atoms with Crippen LogP contribution in [0.15, 0.2) is 53.8 Å². The molecule has 8 nitrogen and oxygen atoms in total. The van der Waals surface area contributed by atoms with Crippen molar-refractivity contribution in [3.8, 4) is 17.0 Å². The third-order valence-corrected chi connectivity index (χ3v) is 7.03. The molecule has 5 rings (SSSR count). The number of aryl methyl sites for hydroxylation is 1. The number of pyridine rings is 1. The molecule has 1 aromatic heterocycles. The van der Waals surface area contributed by atoms with Crippen molar-refractivity contribution in [1.82, 2.24) is 9.88 Å². The molecule has 0 saturated carbocycles. The Balaban J connectivity index is 1.44. The second-order valence-electron chi connectivity index (χ2n) is 9.86. The Kier molecular flexibility index (Phi) is 7.66. The lowest BCUT2D eigenvalue weighted by Crippen LogP contribution is -2.22. The first-order valence-electron chi connectivity index (χ1n) is 12.8. The summed E-state index contributed by atoms with van der Waals surface area (Å²) in [5.74, 6) is -0.0820. The van der Waals surface area contributed by atoms with Crippen molar-refractivity contribution in [2.45, 2.75) is 44.2 Å². The van der Waals surface area contributed by atoms with E-state index in [2.05, 4.69) is 10.3 Å². The molecule has 1 amide bonds. The van der Waals surface area contributed by atoms with Gasteiger partial charge in [-0.1, -0.05) is 6.07 Å². The number of nitrogens with one attached hydrogen (secondary N) is 1. The standard InChI is InChI=1S/C28H30F3N3O5/c1-16-3-4-20(32-26(36)22-13-19(28(29,30)31)15-34(2)27-25(22)39-27)14-21(16)18-11-23(17-5-8-37-9-6-17)33-24(12-18)38-10-7-35/h3-4,11-15,17,25,27,35H,5-10H2,1-2H3,(H,32,36). The second-order valence-corrected chi connectivity index (χ2v) is 9.86. The van der Waals surface area contributed by atoms with Gasteiger partial charge in [0.25, 0.3) is 5.91 Å². The smallest absolute Gasteiger partial charge is 0.417 e. The molecule has 2 saturated heterocycles. The van der Waals surface area contributed by atoms with Gasteiger partial charge in [0.05, 0.1) is 17.8 Å². The summed E-state index contributed by atoms with van der Waals surface area (Å²) in [4.78, 5) is 19.1. The number of carbonyl (C=O) groups excluding carboxylic acids is 1. The molecule has 208 valence electrons. The highest BCUT2D eigenvalue weighted by Crippen LogP contribution is 2.40. The summed E-state index contributed by atoms with van der Waals surface area (Å²) >= 11 is 0. The van der Waals surface area contributed by atoms with Crippen LogP contribution in [0.1, 0.15) is 30.0 Å². The van der Waals surface area contributed by atoms with E-state index in [1.54, 1.807) is 18.2 Å². The molecular formula is C28H30F3N3O5. The molecule has 2 fully saturated rings. The number of epoxide rings is 1. The summed E-state index contributed by atoms with van der Waals surface area (Å²) in [5, 5.41) is 12.0. The minimum Gasteiger partial charge on any atom is -0.475 e. The van der Waals surface area contributed by atoms with Crippen LogP contribution in [0.4, 0.5) is 18.9 Å². The Labute approximate surface area is 224 Å². The summed E-state index contributed by atoms with van der Waals surface area (Å²) < 4.78 is 57.2. The van der Waals surface area contributed by atoms with Gasteiger partial charge in [-0.3, -0.25) is 4.79 Å². The fourth-order valence-corrected chi connectivity index (χ4v) is 4.89. The number of benzene rings is 1. The van der Waals surface area contributed by atoms with Crippen LogP contribution in [-0.4, -0.2) is 72.9 Å². The Morgan fingerprint density at radius 2 is 2.00 bits per heavy atom. The van der Waals surface area contributed by atoms with Crippen LogP contribution in [0, 0.1) is 6.92 Å². The number of aliphatic hydroxyl groups is 1. The number of allylic oxidation sites excluding steroid dienone is 2. The van der Waals surface area contributed by atoms with E-state index < -0.39 is 30.0 Å². The third kappa shape index (κ3) is 6.10. The fraction of sp³-hybridized carbons (Fsp3) is 0.429. The molecule has 0 radical (unpaired) electrons. The number of aliphatic hydroxyl groups excluding tert-OH is 1. The van der Waals surface area contributed by atoms with Crippen LogP contribution in [0.25, 0.3) is 11.1 Å². The monoisotopic (exact) mass is 545 g/mol. The van der Waals surface area contributed by atoms with E-state index >= 15 is 0 Å². The highest BCUT2D eigenvalue weighted by atomic mass is 19.4. The van der Waals surface area contributed by atoms with Gasteiger partial charge < -0.3 is 29.5 Å². The number of hydrogen-bond donors (Lipinski definition) is 2. The number of hydrogen-bond acceptors (Lipinski definition) is 7. The maximum absolute atomic E-state index is 13.5. The normalized spacial score (nSPS) is 21.4. The van der Waals surface area contributed by atoms with Crippen molar-refractivity contribution < 1.29 is 37.3 Å². The molecule has 0 aliphatic carbocycles. The number of aromatic nitrogens is 1. The number of anilines is 1. The van der Waals surface area contributed by atoms with Crippen LogP contribution >= 0.6 is 0 Å². The lowest BCUT2D eigenvalue weighted by atomic mass is 9.92. The predicted molar refractivity (Wildman–Crippen MR) is 137 cm³/mol. The van der Waals surface area contributed by atoms with Gasteiger partial charge in [0.2, 0.25) is 5.88 Å². The van der Waals surface area contributed by atoms with E-state index in [-0.39, 0.29) is 24.7 Å². The van der Waals surface area contributed by atoms with Crippen molar-refractivity contribution in [2.24, 2.45) is 0 Å². The summed E-state index contributed by atoms with van der Waals surface area (Å²) in [5.41, 5.74) is 2.83. The van der Waals surface area contributed by atoms with Crippen molar-refractivity contribution in [3.05, 3.63) is 65.0 Å². The van der Waals surface area contributed by atoms with E-state index in [1.165, 1.54) is 11.9 Å².